The first-order valence-electron chi connectivity index (χ1n) is 11.4. The number of thioether (sulfide) groups is 1. The average Bonchev–Trinajstić information content (AvgIpc) is 3.24. The van der Waals surface area contributed by atoms with E-state index in [4.69, 9.17) is 9.47 Å². The topological polar surface area (TPSA) is 92.3 Å². The standard InChI is InChI=1S/C26H24BrFN4O4S/c1-3-35-22-11-9-21(10-12-22)32-17(2)29-30-26(32)37-25(15-31(33)34)23-14-19(27)6-13-24(23)36-16-18-4-7-20(28)8-5-18/h4-14,25H,3,15-16H2,1-2H3/t25-/m1/s1. The Morgan fingerprint density at radius 3 is 2.49 bits per heavy atom. The van der Waals surface area contributed by atoms with E-state index in [0.29, 0.717) is 28.9 Å². The molecule has 0 bridgehead atoms. The highest BCUT2D eigenvalue weighted by Gasteiger charge is 2.27. The second kappa shape index (κ2) is 12.2. The Morgan fingerprint density at radius 2 is 1.81 bits per heavy atom. The Morgan fingerprint density at radius 1 is 1.08 bits per heavy atom. The van der Waals surface area contributed by atoms with Crippen LogP contribution >= 0.6 is 27.7 Å². The minimum atomic E-state index is -0.624. The Bertz CT molecular complexity index is 1370. The van der Waals surface area contributed by atoms with E-state index in [1.165, 1.54) is 23.9 Å². The van der Waals surface area contributed by atoms with E-state index in [-0.39, 0.29) is 23.9 Å². The minimum Gasteiger partial charge on any atom is -0.494 e. The molecular weight excluding hydrogens is 563 g/mol. The zero-order chi connectivity index (χ0) is 26.4. The van der Waals surface area contributed by atoms with E-state index in [1.807, 2.05) is 54.8 Å². The van der Waals surface area contributed by atoms with Gasteiger partial charge in [-0.05, 0) is 74.0 Å². The molecule has 4 aromatic rings. The maximum absolute atomic E-state index is 13.3. The van der Waals surface area contributed by atoms with Gasteiger partial charge in [-0.25, -0.2) is 4.39 Å². The van der Waals surface area contributed by atoms with Crippen LogP contribution in [-0.4, -0.2) is 32.8 Å². The molecule has 4 rings (SSSR count). The van der Waals surface area contributed by atoms with Crippen LogP contribution in [0, 0.1) is 22.9 Å². The van der Waals surface area contributed by atoms with Crippen molar-refractivity contribution in [2.75, 3.05) is 13.2 Å². The molecule has 1 aromatic heterocycles. The Labute approximate surface area is 226 Å². The van der Waals surface area contributed by atoms with Crippen molar-refractivity contribution in [2.45, 2.75) is 30.9 Å². The molecule has 0 N–H and O–H groups in total. The van der Waals surface area contributed by atoms with Gasteiger partial charge in [0.05, 0.1) is 6.61 Å². The summed E-state index contributed by atoms with van der Waals surface area (Å²) in [5, 5.41) is 20.1. The van der Waals surface area contributed by atoms with Crippen LogP contribution in [0.4, 0.5) is 4.39 Å². The van der Waals surface area contributed by atoms with Crippen LogP contribution in [0.15, 0.2) is 76.4 Å². The van der Waals surface area contributed by atoms with Crippen molar-refractivity contribution in [2.24, 2.45) is 0 Å². The number of rotatable bonds is 11. The summed E-state index contributed by atoms with van der Waals surface area (Å²) in [6, 6.07) is 18.9. The zero-order valence-corrected chi connectivity index (χ0v) is 22.5. The first-order valence-corrected chi connectivity index (χ1v) is 13.1. The number of ether oxygens (including phenoxy) is 2. The highest BCUT2D eigenvalue weighted by molar-refractivity contribution is 9.10. The molecule has 0 amide bonds. The molecule has 0 aliphatic carbocycles. The molecule has 192 valence electrons. The first-order chi connectivity index (χ1) is 17.8. The summed E-state index contributed by atoms with van der Waals surface area (Å²) in [4.78, 5) is 11.3. The lowest BCUT2D eigenvalue weighted by Gasteiger charge is -2.18. The van der Waals surface area contributed by atoms with Gasteiger partial charge in [0.2, 0.25) is 6.54 Å². The largest absolute Gasteiger partial charge is 0.494 e. The highest BCUT2D eigenvalue weighted by atomic mass is 79.9. The quantitative estimate of drug-likeness (QED) is 0.111. The van der Waals surface area contributed by atoms with Crippen molar-refractivity contribution in [1.82, 2.24) is 14.8 Å². The smallest absolute Gasteiger partial charge is 0.220 e. The monoisotopic (exact) mass is 586 g/mol. The summed E-state index contributed by atoms with van der Waals surface area (Å²) in [5.74, 6) is 1.56. The third-order valence-corrected chi connectivity index (χ3v) is 7.05. The fraction of sp³-hybridized carbons (Fsp3) is 0.231. The van der Waals surface area contributed by atoms with Crippen LogP contribution in [-0.2, 0) is 6.61 Å². The first kappa shape index (κ1) is 26.6. The lowest BCUT2D eigenvalue weighted by Crippen LogP contribution is -2.12. The summed E-state index contributed by atoms with van der Waals surface area (Å²) in [7, 11) is 0. The predicted molar refractivity (Wildman–Crippen MR) is 143 cm³/mol. The zero-order valence-electron chi connectivity index (χ0n) is 20.1. The number of hydrogen-bond acceptors (Lipinski definition) is 7. The molecule has 0 saturated heterocycles. The highest BCUT2D eigenvalue weighted by Crippen LogP contribution is 2.41. The Hall–Kier alpha value is -3.44. The number of aromatic nitrogens is 3. The van der Waals surface area contributed by atoms with Gasteiger partial charge in [0.1, 0.15) is 35.0 Å². The fourth-order valence-corrected chi connectivity index (χ4v) is 5.25. The van der Waals surface area contributed by atoms with Crippen LogP contribution in [0.3, 0.4) is 0 Å². The van der Waals surface area contributed by atoms with Gasteiger partial charge in [-0.3, -0.25) is 14.7 Å². The van der Waals surface area contributed by atoms with Crippen LogP contribution < -0.4 is 9.47 Å². The van der Waals surface area contributed by atoms with E-state index in [9.17, 15) is 14.5 Å². The maximum atomic E-state index is 13.3. The van der Waals surface area contributed by atoms with Crippen molar-refractivity contribution >= 4 is 27.7 Å². The predicted octanol–water partition coefficient (Wildman–Crippen LogP) is 6.57. The number of nitro groups is 1. The molecule has 0 radical (unpaired) electrons. The summed E-state index contributed by atoms with van der Waals surface area (Å²) in [6.45, 7) is 4.14. The molecule has 0 fully saturated rings. The van der Waals surface area contributed by atoms with E-state index in [1.54, 1.807) is 18.2 Å². The van der Waals surface area contributed by atoms with Gasteiger partial charge in [-0.1, -0.05) is 39.8 Å². The molecule has 37 heavy (non-hydrogen) atoms. The molecule has 1 heterocycles. The summed E-state index contributed by atoms with van der Waals surface area (Å²) in [6.07, 6.45) is 0. The van der Waals surface area contributed by atoms with Crippen LogP contribution in [0.5, 0.6) is 11.5 Å². The van der Waals surface area contributed by atoms with E-state index >= 15 is 0 Å². The molecular formula is C26H24BrFN4O4S. The van der Waals surface area contributed by atoms with Crippen molar-refractivity contribution in [3.63, 3.8) is 0 Å². The third kappa shape index (κ3) is 6.86. The van der Waals surface area contributed by atoms with E-state index < -0.39 is 5.25 Å². The maximum Gasteiger partial charge on any atom is 0.220 e. The number of hydrogen-bond donors (Lipinski definition) is 0. The lowest BCUT2D eigenvalue weighted by atomic mass is 10.1. The van der Waals surface area contributed by atoms with Crippen LogP contribution in [0.25, 0.3) is 5.69 Å². The fourth-order valence-electron chi connectivity index (χ4n) is 3.68. The summed E-state index contributed by atoms with van der Waals surface area (Å²) in [5.41, 5.74) is 2.23. The minimum absolute atomic E-state index is 0.187. The van der Waals surface area contributed by atoms with Gasteiger partial charge in [-0.2, -0.15) is 0 Å². The molecule has 0 unspecified atom stereocenters. The van der Waals surface area contributed by atoms with Crippen LogP contribution in [0.2, 0.25) is 0 Å². The second-order valence-electron chi connectivity index (χ2n) is 8.01. The Balaban J connectivity index is 1.65. The van der Waals surface area contributed by atoms with E-state index in [0.717, 1.165) is 21.5 Å². The third-order valence-electron chi connectivity index (χ3n) is 5.39. The molecule has 0 spiro atoms. The second-order valence-corrected chi connectivity index (χ2v) is 10.1. The summed E-state index contributed by atoms with van der Waals surface area (Å²) < 4.78 is 27.5. The molecule has 11 heteroatoms. The van der Waals surface area contributed by atoms with Gasteiger partial charge >= 0.3 is 0 Å². The molecule has 1 atom stereocenters. The number of benzene rings is 3. The van der Waals surface area contributed by atoms with Crippen LogP contribution in [0.1, 0.15) is 29.1 Å². The van der Waals surface area contributed by atoms with Crippen molar-refractivity contribution < 1.29 is 18.8 Å². The molecule has 3 aromatic carbocycles. The van der Waals surface area contributed by atoms with Gasteiger partial charge in [0.15, 0.2) is 5.16 Å². The number of nitrogens with zero attached hydrogens (tertiary/aromatic N) is 4. The molecule has 8 nitrogen and oxygen atoms in total. The number of aryl methyl sites for hydroxylation is 1. The van der Waals surface area contributed by atoms with Gasteiger partial charge in [0, 0.05) is 20.6 Å². The average molecular weight is 587 g/mol. The van der Waals surface area contributed by atoms with Gasteiger partial charge in [0.25, 0.3) is 0 Å². The SMILES string of the molecule is CCOc1ccc(-n2c(C)nnc2S[C@H](C[N+](=O)[O-])c2cc(Br)ccc2OCc2ccc(F)cc2)cc1. The van der Waals surface area contributed by atoms with E-state index in [2.05, 4.69) is 26.1 Å². The van der Waals surface area contributed by atoms with Gasteiger partial charge in [-0.15, -0.1) is 10.2 Å². The normalized spacial score (nSPS) is 11.8. The molecule has 0 saturated carbocycles. The van der Waals surface area contributed by atoms with Crippen molar-refractivity contribution in [3.05, 3.63) is 104 Å². The Kier molecular flexibility index (Phi) is 8.78. The van der Waals surface area contributed by atoms with Crippen molar-refractivity contribution in [3.8, 4) is 17.2 Å². The molecule has 0 aliphatic heterocycles. The lowest BCUT2D eigenvalue weighted by molar-refractivity contribution is -0.479. The van der Waals surface area contributed by atoms with Crippen molar-refractivity contribution in [1.29, 1.82) is 0 Å². The molecule has 0 aliphatic rings. The summed E-state index contributed by atoms with van der Waals surface area (Å²) >= 11 is 4.71. The number of halogens is 2. The van der Waals surface area contributed by atoms with Gasteiger partial charge < -0.3 is 9.47 Å².